The molecular formula is C22H14N2O6S. The number of hydrogen-bond donors (Lipinski definition) is 0. The number of nitriles is 1. The third-order valence-corrected chi connectivity index (χ3v) is 5.34. The number of thioether (sulfide) groups is 1. The van der Waals surface area contributed by atoms with Crippen LogP contribution < -0.4 is 0 Å². The topological polar surface area (TPSA) is 114 Å². The van der Waals surface area contributed by atoms with Crippen LogP contribution >= 0.6 is 11.8 Å². The van der Waals surface area contributed by atoms with Crippen LogP contribution in [0.5, 0.6) is 0 Å². The quantitative estimate of drug-likeness (QED) is 0.428. The maximum absolute atomic E-state index is 12.7. The second-order valence-corrected chi connectivity index (χ2v) is 7.41. The number of rotatable bonds is 5. The van der Waals surface area contributed by atoms with E-state index in [4.69, 9.17) is 14.1 Å². The molecule has 0 atom stereocenters. The molecule has 2 aromatic heterocycles. The maximum atomic E-state index is 12.7. The molecule has 9 heteroatoms. The zero-order chi connectivity index (χ0) is 22.0. The largest absolute Gasteiger partial charge is 0.463 e. The molecule has 1 aliphatic heterocycles. The number of amides is 2. The number of carbonyl (C=O) groups excluding carboxylic acids is 3. The van der Waals surface area contributed by atoms with Crippen LogP contribution in [0.3, 0.4) is 0 Å². The zero-order valence-electron chi connectivity index (χ0n) is 16.2. The van der Waals surface area contributed by atoms with Crippen molar-refractivity contribution in [3.8, 4) is 17.4 Å². The fraction of sp³-hybridized carbons (Fsp3) is 0.0909. The summed E-state index contributed by atoms with van der Waals surface area (Å²) in [7, 11) is 1.23. The van der Waals surface area contributed by atoms with E-state index >= 15 is 0 Å². The molecule has 0 spiro atoms. The molecule has 2 amide bonds. The summed E-state index contributed by atoms with van der Waals surface area (Å²) in [5.41, 5.74) is 1.32. The zero-order valence-corrected chi connectivity index (χ0v) is 17.0. The summed E-state index contributed by atoms with van der Waals surface area (Å²) in [4.78, 5) is 37.7. The first kappa shape index (κ1) is 20.3. The van der Waals surface area contributed by atoms with Crippen LogP contribution in [0.2, 0.25) is 0 Å². The molecule has 0 saturated carbocycles. The average molecular weight is 434 g/mol. The van der Waals surface area contributed by atoms with E-state index in [1.165, 1.54) is 25.3 Å². The minimum Gasteiger partial charge on any atom is -0.463 e. The monoisotopic (exact) mass is 434 g/mol. The summed E-state index contributed by atoms with van der Waals surface area (Å²) in [6, 6.07) is 15.3. The summed E-state index contributed by atoms with van der Waals surface area (Å²) < 4.78 is 15.7. The Bertz CT molecular complexity index is 1250. The molecule has 1 aromatic carbocycles. The Kier molecular flexibility index (Phi) is 5.47. The SMILES string of the molecule is COC(=O)c1ccc(CN2C(=O)S/C(=C/c3ccc(-c4ccc(C#N)cc4)o3)C2=O)o1. The molecule has 0 radical (unpaired) electrons. The van der Waals surface area contributed by atoms with Crippen molar-refractivity contribution in [1.82, 2.24) is 4.90 Å². The highest BCUT2D eigenvalue weighted by atomic mass is 32.2. The number of esters is 1. The van der Waals surface area contributed by atoms with Crippen molar-refractivity contribution in [2.24, 2.45) is 0 Å². The molecule has 0 N–H and O–H groups in total. The van der Waals surface area contributed by atoms with Gasteiger partial charge in [-0.25, -0.2) is 4.79 Å². The minimum atomic E-state index is -0.642. The molecule has 1 fully saturated rings. The van der Waals surface area contributed by atoms with E-state index in [9.17, 15) is 14.4 Å². The minimum absolute atomic E-state index is 0.00840. The van der Waals surface area contributed by atoms with Crippen molar-refractivity contribution in [1.29, 1.82) is 5.26 Å². The maximum Gasteiger partial charge on any atom is 0.373 e. The molecule has 1 saturated heterocycles. The first-order chi connectivity index (χ1) is 15.0. The number of nitrogens with zero attached hydrogens (tertiary/aromatic N) is 2. The van der Waals surface area contributed by atoms with Crippen molar-refractivity contribution >= 4 is 35.0 Å². The molecule has 154 valence electrons. The van der Waals surface area contributed by atoms with Gasteiger partial charge in [0.05, 0.1) is 30.2 Å². The van der Waals surface area contributed by atoms with Gasteiger partial charge in [0.2, 0.25) is 5.76 Å². The molecular weight excluding hydrogens is 420 g/mol. The van der Waals surface area contributed by atoms with Gasteiger partial charge in [-0.3, -0.25) is 14.5 Å². The summed E-state index contributed by atoms with van der Waals surface area (Å²) >= 11 is 0.793. The molecule has 0 unspecified atom stereocenters. The van der Waals surface area contributed by atoms with Gasteiger partial charge in [-0.2, -0.15) is 5.26 Å². The number of benzene rings is 1. The van der Waals surface area contributed by atoms with Gasteiger partial charge in [0.25, 0.3) is 11.1 Å². The van der Waals surface area contributed by atoms with E-state index in [-0.39, 0.29) is 23.0 Å². The van der Waals surface area contributed by atoms with Crippen molar-refractivity contribution in [2.75, 3.05) is 7.11 Å². The number of furan rings is 2. The van der Waals surface area contributed by atoms with Gasteiger partial charge in [0.1, 0.15) is 17.3 Å². The molecule has 8 nitrogen and oxygen atoms in total. The number of hydrogen-bond acceptors (Lipinski definition) is 8. The van der Waals surface area contributed by atoms with Crippen LogP contribution in [-0.4, -0.2) is 29.1 Å². The summed E-state index contributed by atoms with van der Waals surface area (Å²) in [6.07, 6.45) is 1.50. The van der Waals surface area contributed by atoms with Crippen molar-refractivity contribution in [3.63, 3.8) is 0 Å². The standard InChI is InChI=1S/C22H14N2O6S/c1-28-21(26)18-9-7-16(30-18)12-24-20(25)19(31-22(24)27)10-15-6-8-17(29-15)14-4-2-13(11-23)3-5-14/h2-10H,12H2,1H3/b19-10+. The summed E-state index contributed by atoms with van der Waals surface area (Å²) in [6.45, 7) is -0.104. The highest BCUT2D eigenvalue weighted by Gasteiger charge is 2.36. The summed E-state index contributed by atoms with van der Waals surface area (Å²) in [5, 5.41) is 8.43. The van der Waals surface area contributed by atoms with Crippen LogP contribution in [0.1, 0.15) is 27.6 Å². The number of ether oxygens (including phenoxy) is 1. The number of carbonyl (C=O) groups is 3. The Balaban J connectivity index is 1.49. The van der Waals surface area contributed by atoms with Gasteiger partial charge in [-0.05, 0) is 60.3 Å². The third kappa shape index (κ3) is 4.15. The van der Waals surface area contributed by atoms with Crippen molar-refractivity contribution in [2.45, 2.75) is 6.54 Å². The predicted molar refractivity (Wildman–Crippen MR) is 110 cm³/mol. The molecule has 3 heterocycles. The van der Waals surface area contributed by atoms with Gasteiger partial charge >= 0.3 is 5.97 Å². The second kappa shape index (κ2) is 8.38. The van der Waals surface area contributed by atoms with Crippen LogP contribution in [0.15, 0.2) is 62.3 Å². The molecule has 31 heavy (non-hydrogen) atoms. The molecule has 4 rings (SSSR count). The Morgan fingerprint density at radius 3 is 2.61 bits per heavy atom. The highest BCUT2D eigenvalue weighted by Crippen LogP contribution is 2.34. The first-order valence-electron chi connectivity index (χ1n) is 9.01. The van der Waals surface area contributed by atoms with E-state index in [0.29, 0.717) is 17.1 Å². The van der Waals surface area contributed by atoms with E-state index in [0.717, 1.165) is 22.2 Å². The van der Waals surface area contributed by atoms with Gasteiger partial charge in [-0.1, -0.05) is 0 Å². The Hall–Kier alpha value is -4.03. The van der Waals surface area contributed by atoms with Gasteiger partial charge < -0.3 is 13.6 Å². The van der Waals surface area contributed by atoms with E-state index in [1.54, 1.807) is 36.4 Å². The normalized spacial score (nSPS) is 14.8. The molecule has 0 aliphatic carbocycles. The van der Waals surface area contributed by atoms with Crippen LogP contribution in [0, 0.1) is 11.3 Å². The first-order valence-corrected chi connectivity index (χ1v) is 9.83. The lowest BCUT2D eigenvalue weighted by atomic mass is 10.1. The van der Waals surface area contributed by atoms with E-state index in [1.807, 2.05) is 0 Å². The Morgan fingerprint density at radius 1 is 1.13 bits per heavy atom. The molecule has 1 aliphatic rings. The van der Waals surface area contributed by atoms with E-state index < -0.39 is 17.1 Å². The van der Waals surface area contributed by atoms with Gasteiger partial charge in [0, 0.05) is 11.6 Å². The number of imide groups is 1. The second-order valence-electron chi connectivity index (χ2n) is 6.42. The van der Waals surface area contributed by atoms with Gasteiger partial charge in [0.15, 0.2) is 0 Å². The smallest absolute Gasteiger partial charge is 0.373 e. The third-order valence-electron chi connectivity index (χ3n) is 4.43. The lowest BCUT2D eigenvalue weighted by molar-refractivity contribution is -0.123. The van der Waals surface area contributed by atoms with Crippen LogP contribution in [-0.2, 0) is 16.1 Å². The lowest BCUT2D eigenvalue weighted by Gasteiger charge is -2.09. The fourth-order valence-corrected chi connectivity index (χ4v) is 3.71. The number of methoxy groups -OCH3 is 1. The Morgan fingerprint density at radius 2 is 1.90 bits per heavy atom. The van der Waals surface area contributed by atoms with Crippen LogP contribution in [0.25, 0.3) is 17.4 Å². The lowest BCUT2D eigenvalue weighted by Crippen LogP contribution is -2.27. The molecule has 3 aromatic rings. The summed E-state index contributed by atoms with van der Waals surface area (Å²) in [5.74, 6) is 0.131. The Labute approximate surface area is 180 Å². The van der Waals surface area contributed by atoms with Gasteiger partial charge in [-0.15, -0.1) is 0 Å². The highest BCUT2D eigenvalue weighted by molar-refractivity contribution is 8.18. The van der Waals surface area contributed by atoms with E-state index in [2.05, 4.69) is 10.8 Å². The molecule has 0 bridgehead atoms. The van der Waals surface area contributed by atoms with Crippen molar-refractivity contribution in [3.05, 3.63) is 76.3 Å². The van der Waals surface area contributed by atoms with Crippen molar-refractivity contribution < 1.29 is 28.0 Å². The van der Waals surface area contributed by atoms with Crippen LogP contribution in [0.4, 0.5) is 4.79 Å². The fourth-order valence-electron chi connectivity index (χ4n) is 2.89. The predicted octanol–water partition coefficient (Wildman–Crippen LogP) is 4.43. The average Bonchev–Trinajstić information content (AvgIpc) is 3.51.